The molecule has 1 fully saturated rings. The van der Waals surface area contributed by atoms with E-state index in [1.807, 2.05) is 36.1 Å². The van der Waals surface area contributed by atoms with Crippen LogP contribution in [0.4, 0.5) is 0 Å². The molecule has 1 amide bonds. The van der Waals surface area contributed by atoms with Crippen molar-refractivity contribution < 1.29 is 13.9 Å². The Hall–Kier alpha value is -2.27. The molecule has 0 spiro atoms. The Morgan fingerprint density at radius 1 is 1.38 bits per heavy atom. The molecular weight excluding hydrogens is 304 g/mol. The van der Waals surface area contributed by atoms with Crippen LogP contribution >= 0.6 is 0 Å². The normalized spacial score (nSPS) is 20.9. The van der Waals surface area contributed by atoms with E-state index in [1.165, 1.54) is 0 Å². The molecule has 5 nitrogen and oxygen atoms in total. The zero-order valence-corrected chi connectivity index (χ0v) is 14.2. The molecule has 128 valence electrons. The molecule has 0 unspecified atom stereocenters. The highest BCUT2D eigenvalue weighted by Crippen LogP contribution is 2.36. The first-order valence-electron chi connectivity index (χ1n) is 8.43. The van der Waals surface area contributed by atoms with Crippen LogP contribution in [-0.4, -0.2) is 30.5 Å². The van der Waals surface area contributed by atoms with Gasteiger partial charge < -0.3 is 19.8 Å². The fourth-order valence-electron chi connectivity index (χ4n) is 3.52. The van der Waals surface area contributed by atoms with E-state index < -0.39 is 0 Å². The van der Waals surface area contributed by atoms with Gasteiger partial charge in [0.05, 0.1) is 25.0 Å². The van der Waals surface area contributed by atoms with Gasteiger partial charge in [0.15, 0.2) is 0 Å². The molecule has 5 heteroatoms. The molecular formula is C19H24N2O3. The van der Waals surface area contributed by atoms with Gasteiger partial charge in [-0.1, -0.05) is 25.1 Å². The van der Waals surface area contributed by atoms with Crippen LogP contribution in [-0.2, 0) is 6.42 Å². The molecule has 1 aromatic carbocycles. The second-order valence-electron chi connectivity index (χ2n) is 6.10. The highest BCUT2D eigenvalue weighted by atomic mass is 16.5. The van der Waals surface area contributed by atoms with Crippen LogP contribution < -0.4 is 10.5 Å². The van der Waals surface area contributed by atoms with Gasteiger partial charge in [-0.25, -0.2) is 0 Å². The summed E-state index contributed by atoms with van der Waals surface area (Å²) >= 11 is 0. The molecule has 3 rings (SSSR count). The summed E-state index contributed by atoms with van der Waals surface area (Å²) in [6.07, 6.45) is 4.05. The van der Waals surface area contributed by atoms with Gasteiger partial charge >= 0.3 is 0 Å². The number of ether oxygens (including phenoxy) is 1. The number of para-hydroxylation sites is 1. The molecule has 24 heavy (non-hydrogen) atoms. The lowest BCUT2D eigenvalue weighted by atomic mass is 9.89. The van der Waals surface area contributed by atoms with Gasteiger partial charge in [-0.05, 0) is 25.0 Å². The maximum absolute atomic E-state index is 13.1. The van der Waals surface area contributed by atoms with E-state index in [4.69, 9.17) is 14.9 Å². The molecule has 0 saturated carbocycles. The summed E-state index contributed by atoms with van der Waals surface area (Å²) < 4.78 is 10.9. The van der Waals surface area contributed by atoms with Gasteiger partial charge in [-0.3, -0.25) is 4.79 Å². The number of piperidine rings is 1. The number of hydrogen-bond donors (Lipinski definition) is 1. The predicted molar refractivity (Wildman–Crippen MR) is 92.1 cm³/mol. The minimum atomic E-state index is -0.193. The third-order valence-electron chi connectivity index (χ3n) is 4.69. The van der Waals surface area contributed by atoms with Crippen LogP contribution in [0, 0.1) is 0 Å². The third-order valence-corrected chi connectivity index (χ3v) is 4.69. The maximum Gasteiger partial charge on any atom is 0.257 e. The van der Waals surface area contributed by atoms with Crippen LogP contribution in [0.5, 0.6) is 5.75 Å². The maximum atomic E-state index is 13.1. The number of methoxy groups -OCH3 is 1. The fourth-order valence-corrected chi connectivity index (χ4v) is 3.52. The van der Waals surface area contributed by atoms with Crippen molar-refractivity contribution in [2.75, 3.05) is 13.7 Å². The number of aryl methyl sites for hydroxylation is 1. The van der Waals surface area contributed by atoms with Gasteiger partial charge in [0.2, 0.25) is 0 Å². The quantitative estimate of drug-likeness (QED) is 0.936. The second-order valence-corrected chi connectivity index (χ2v) is 6.10. The molecule has 2 atom stereocenters. The molecule has 1 aliphatic rings. The van der Waals surface area contributed by atoms with Gasteiger partial charge in [0.1, 0.15) is 11.5 Å². The number of carbonyl (C=O) groups is 1. The first kappa shape index (κ1) is 16.6. The first-order valence-corrected chi connectivity index (χ1v) is 8.43. The SMILES string of the molecule is CCc1occc1C(=O)N1CCC[C@H](N)[C@@H]1c1ccccc1OC. The van der Waals surface area contributed by atoms with Crippen molar-refractivity contribution in [2.45, 2.75) is 38.3 Å². The van der Waals surface area contributed by atoms with E-state index in [1.54, 1.807) is 19.4 Å². The summed E-state index contributed by atoms with van der Waals surface area (Å²) in [5, 5.41) is 0. The lowest BCUT2D eigenvalue weighted by Gasteiger charge is -2.40. The zero-order chi connectivity index (χ0) is 17.1. The number of nitrogens with two attached hydrogens (primary N) is 1. The Labute approximate surface area is 142 Å². The number of likely N-dealkylation sites (tertiary alicyclic amines) is 1. The van der Waals surface area contributed by atoms with Gasteiger partial charge in [-0.15, -0.1) is 0 Å². The molecule has 1 aromatic heterocycles. The highest BCUT2D eigenvalue weighted by molar-refractivity contribution is 5.95. The lowest BCUT2D eigenvalue weighted by molar-refractivity contribution is 0.0570. The molecule has 0 radical (unpaired) electrons. The highest BCUT2D eigenvalue weighted by Gasteiger charge is 2.36. The van der Waals surface area contributed by atoms with Crippen molar-refractivity contribution in [3.8, 4) is 5.75 Å². The summed E-state index contributed by atoms with van der Waals surface area (Å²) in [5.41, 5.74) is 8.01. The van der Waals surface area contributed by atoms with E-state index in [-0.39, 0.29) is 18.0 Å². The number of rotatable bonds is 4. The third kappa shape index (κ3) is 2.91. The monoisotopic (exact) mass is 328 g/mol. The van der Waals surface area contributed by atoms with Crippen molar-refractivity contribution in [1.82, 2.24) is 4.90 Å². The van der Waals surface area contributed by atoms with Crippen LogP contribution in [0.1, 0.15) is 47.5 Å². The van der Waals surface area contributed by atoms with Crippen molar-refractivity contribution in [3.05, 3.63) is 53.5 Å². The molecule has 0 bridgehead atoms. The summed E-state index contributed by atoms with van der Waals surface area (Å²) in [6, 6.07) is 9.23. The number of benzene rings is 1. The Bertz CT molecular complexity index is 710. The Morgan fingerprint density at radius 2 is 2.17 bits per heavy atom. The second kappa shape index (κ2) is 7.09. The van der Waals surface area contributed by atoms with Gasteiger partial charge in [-0.2, -0.15) is 0 Å². The van der Waals surface area contributed by atoms with Crippen LogP contribution in [0.3, 0.4) is 0 Å². The van der Waals surface area contributed by atoms with Crippen LogP contribution in [0.25, 0.3) is 0 Å². The van der Waals surface area contributed by atoms with E-state index in [0.29, 0.717) is 18.5 Å². The molecule has 0 aliphatic carbocycles. The van der Waals surface area contributed by atoms with Crippen LogP contribution in [0.2, 0.25) is 0 Å². The first-order chi connectivity index (χ1) is 11.7. The summed E-state index contributed by atoms with van der Waals surface area (Å²) in [4.78, 5) is 15.0. The van der Waals surface area contributed by atoms with Crippen molar-refractivity contribution in [1.29, 1.82) is 0 Å². The number of amides is 1. The van der Waals surface area contributed by atoms with E-state index >= 15 is 0 Å². The lowest BCUT2D eigenvalue weighted by Crippen LogP contribution is -2.48. The van der Waals surface area contributed by atoms with Crippen molar-refractivity contribution in [3.63, 3.8) is 0 Å². The Morgan fingerprint density at radius 3 is 2.92 bits per heavy atom. The smallest absolute Gasteiger partial charge is 0.257 e. The minimum Gasteiger partial charge on any atom is -0.496 e. The standard InChI is InChI=1S/C19H24N2O3/c1-3-16-14(10-12-24-16)19(22)21-11-6-8-15(20)18(21)13-7-4-5-9-17(13)23-2/h4-5,7,9-10,12,15,18H,3,6,8,11,20H2,1-2H3/t15-,18-/m0/s1. The van der Waals surface area contributed by atoms with Crippen molar-refractivity contribution in [2.24, 2.45) is 5.73 Å². The average Bonchev–Trinajstić information content (AvgIpc) is 3.09. The van der Waals surface area contributed by atoms with E-state index in [9.17, 15) is 4.79 Å². The van der Waals surface area contributed by atoms with Crippen LogP contribution in [0.15, 0.2) is 41.0 Å². The topological polar surface area (TPSA) is 68.7 Å². The summed E-state index contributed by atoms with van der Waals surface area (Å²) in [6.45, 7) is 2.67. The van der Waals surface area contributed by atoms with Crippen molar-refractivity contribution >= 4 is 5.91 Å². The number of hydrogen-bond acceptors (Lipinski definition) is 4. The summed E-state index contributed by atoms with van der Waals surface area (Å²) in [7, 11) is 1.64. The van der Waals surface area contributed by atoms with Gasteiger partial charge in [0.25, 0.3) is 5.91 Å². The Kier molecular flexibility index (Phi) is 4.90. The molecule has 2 N–H and O–H groups in total. The fraction of sp³-hybridized carbons (Fsp3) is 0.421. The molecule has 1 saturated heterocycles. The number of nitrogens with zero attached hydrogens (tertiary/aromatic N) is 1. The average molecular weight is 328 g/mol. The predicted octanol–water partition coefficient (Wildman–Crippen LogP) is 3.16. The van der Waals surface area contributed by atoms with Gasteiger partial charge in [0, 0.05) is 24.6 Å². The molecule has 2 heterocycles. The Balaban J connectivity index is 2.00. The molecule has 2 aromatic rings. The summed E-state index contributed by atoms with van der Waals surface area (Å²) in [5.74, 6) is 1.46. The largest absolute Gasteiger partial charge is 0.496 e. The molecule has 1 aliphatic heterocycles. The van der Waals surface area contributed by atoms with E-state index in [0.717, 1.165) is 29.9 Å². The number of furan rings is 1. The van der Waals surface area contributed by atoms with E-state index in [2.05, 4.69) is 0 Å². The number of carbonyl (C=O) groups excluding carboxylic acids is 1. The zero-order valence-electron chi connectivity index (χ0n) is 14.2. The minimum absolute atomic E-state index is 0.0216.